The van der Waals surface area contributed by atoms with Crippen molar-refractivity contribution in [2.24, 2.45) is 5.92 Å². The van der Waals surface area contributed by atoms with Crippen LogP contribution < -0.4 is 15.5 Å². The zero-order valence-corrected chi connectivity index (χ0v) is 18.2. The maximum Gasteiger partial charge on any atom is 0.275 e. The van der Waals surface area contributed by atoms with E-state index in [0.717, 1.165) is 29.0 Å². The van der Waals surface area contributed by atoms with E-state index in [9.17, 15) is 9.59 Å². The molecule has 0 aliphatic rings. The van der Waals surface area contributed by atoms with Crippen molar-refractivity contribution in [1.29, 1.82) is 0 Å². The first-order valence-corrected chi connectivity index (χ1v) is 10.3. The van der Waals surface area contributed by atoms with Crippen LogP contribution in [0.15, 0.2) is 48.5 Å². The summed E-state index contributed by atoms with van der Waals surface area (Å²) in [6, 6.07) is 16.0. The molecule has 0 aliphatic carbocycles. The topological polar surface area (TPSA) is 62.6 Å². The number of amides is 2. The van der Waals surface area contributed by atoms with Gasteiger partial charge in [0, 0.05) is 18.2 Å². The highest BCUT2D eigenvalue weighted by Gasteiger charge is 2.15. The molecule has 0 heterocycles. The number of quaternary nitrogens is 1. The summed E-state index contributed by atoms with van der Waals surface area (Å²) >= 11 is 0. The molecule has 0 aliphatic heterocycles. The second-order valence-corrected chi connectivity index (χ2v) is 8.22. The van der Waals surface area contributed by atoms with Crippen molar-refractivity contribution in [3.63, 3.8) is 0 Å². The Morgan fingerprint density at radius 2 is 1.52 bits per heavy atom. The number of nitrogens with one attached hydrogen (secondary N) is 3. The van der Waals surface area contributed by atoms with Crippen LogP contribution >= 0.6 is 0 Å². The Bertz CT molecular complexity index is 798. The van der Waals surface area contributed by atoms with Crippen molar-refractivity contribution in [3.8, 4) is 0 Å². The number of rotatable bonds is 9. The van der Waals surface area contributed by atoms with Gasteiger partial charge in [0.15, 0.2) is 6.54 Å². The Morgan fingerprint density at radius 1 is 0.931 bits per heavy atom. The van der Waals surface area contributed by atoms with Gasteiger partial charge < -0.3 is 15.5 Å². The van der Waals surface area contributed by atoms with E-state index in [0.29, 0.717) is 18.0 Å². The highest BCUT2D eigenvalue weighted by Crippen LogP contribution is 2.15. The summed E-state index contributed by atoms with van der Waals surface area (Å²) in [7, 11) is 3.62. The van der Waals surface area contributed by atoms with Crippen molar-refractivity contribution in [1.82, 2.24) is 10.6 Å². The lowest BCUT2D eigenvalue weighted by molar-refractivity contribution is -0.885. The fourth-order valence-electron chi connectivity index (χ4n) is 3.39. The van der Waals surface area contributed by atoms with Gasteiger partial charge in [0.05, 0.1) is 13.1 Å². The number of hydrogen-bond donors (Lipinski definition) is 3. The van der Waals surface area contributed by atoms with Crippen LogP contribution in [0, 0.1) is 5.92 Å². The summed E-state index contributed by atoms with van der Waals surface area (Å²) in [6.07, 6.45) is 1.07. The van der Waals surface area contributed by atoms with Crippen molar-refractivity contribution in [2.45, 2.75) is 39.8 Å². The monoisotopic (exact) mass is 396 g/mol. The zero-order valence-electron chi connectivity index (χ0n) is 18.2. The van der Waals surface area contributed by atoms with Gasteiger partial charge in [-0.2, -0.15) is 0 Å². The average Bonchev–Trinajstić information content (AvgIpc) is 2.67. The third kappa shape index (κ3) is 7.35. The molecule has 2 atom stereocenters. The number of carbonyl (C=O) groups excluding carboxylic acids is 2. The minimum atomic E-state index is -0.0946. The van der Waals surface area contributed by atoms with Gasteiger partial charge in [0.2, 0.25) is 0 Å². The summed E-state index contributed by atoms with van der Waals surface area (Å²) < 4.78 is 0. The lowest BCUT2D eigenvalue weighted by Crippen LogP contribution is -3.08. The van der Waals surface area contributed by atoms with E-state index in [1.165, 1.54) is 5.56 Å². The molecule has 2 aromatic carbocycles. The maximum atomic E-state index is 12.4. The molecule has 5 heteroatoms. The molecule has 156 valence electrons. The zero-order chi connectivity index (χ0) is 21.4. The Labute approximate surface area is 174 Å². The molecular formula is C24H34N3O2+. The van der Waals surface area contributed by atoms with Crippen LogP contribution in [0.2, 0.25) is 0 Å². The number of carbonyl (C=O) groups is 2. The van der Waals surface area contributed by atoms with Crippen LogP contribution in [0.3, 0.4) is 0 Å². The van der Waals surface area contributed by atoms with E-state index < -0.39 is 0 Å². The molecule has 2 rings (SSSR count). The van der Waals surface area contributed by atoms with Crippen LogP contribution in [0.1, 0.15) is 53.9 Å². The molecule has 2 amide bonds. The molecule has 0 saturated carbocycles. The standard InChI is InChI=1S/C24H33N3O2/c1-17(2)14-19-6-10-21(11-7-19)18(3)26-23(28)16-27(5)15-20-8-12-22(13-9-20)24(29)25-4/h6-13,17-18H,14-16H2,1-5H3,(H,25,29)(H,26,28)/p+1/t18-/m0/s1. The van der Waals surface area contributed by atoms with Gasteiger partial charge >= 0.3 is 0 Å². The summed E-state index contributed by atoms with van der Waals surface area (Å²) in [6.45, 7) is 7.56. The van der Waals surface area contributed by atoms with Gasteiger partial charge in [-0.25, -0.2) is 0 Å². The van der Waals surface area contributed by atoms with E-state index in [1.54, 1.807) is 7.05 Å². The van der Waals surface area contributed by atoms with E-state index in [-0.39, 0.29) is 17.9 Å². The highest BCUT2D eigenvalue weighted by atomic mass is 16.2. The van der Waals surface area contributed by atoms with Crippen molar-refractivity contribution >= 4 is 11.8 Å². The van der Waals surface area contributed by atoms with Crippen molar-refractivity contribution in [2.75, 3.05) is 20.6 Å². The third-order valence-corrected chi connectivity index (χ3v) is 4.91. The van der Waals surface area contributed by atoms with Crippen LogP contribution in [-0.4, -0.2) is 32.5 Å². The first-order valence-electron chi connectivity index (χ1n) is 10.3. The van der Waals surface area contributed by atoms with E-state index >= 15 is 0 Å². The molecule has 0 spiro atoms. The predicted molar refractivity (Wildman–Crippen MR) is 117 cm³/mol. The summed E-state index contributed by atoms with van der Waals surface area (Å²) in [5.41, 5.74) is 4.18. The van der Waals surface area contributed by atoms with Gasteiger partial charge in [-0.1, -0.05) is 50.2 Å². The van der Waals surface area contributed by atoms with Gasteiger partial charge in [0.1, 0.15) is 6.54 Å². The summed E-state index contributed by atoms with van der Waals surface area (Å²) in [5.74, 6) is 0.572. The largest absolute Gasteiger partial charge is 0.355 e. The predicted octanol–water partition coefficient (Wildman–Crippen LogP) is 2.14. The van der Waals surface area contributed by atoms with Gasteiger partial charge in [-0.05, 0) is 42.5 Å². The van der Waals surface area contributed by atoms with Gasteiger partial charge in [-0.3, -0.25) is 9.59 Å². The molecule has 0 radical (unpaired) electrons. The molecular weight excluding hydrogens is 362 g/mol. The molecule has 5 nitrogen and oxygen atoms in total. The molecule has 1 unspecified atom stereocenters. The fourth-order valence-corrected chi connectivity index (χ4v) is 3.39. The summed E-state index contributed by atoms with van der Waals surface area (Å²) in [4.78, 5) is 25.1. The van der Waals surface area contributed by atoms with Crippen LogP contribution in [0.5, 0.6) is 0 Å². The number of likely N-dealkylation sites (N-methyl/N-ethyl adjacent to an activating group) is 1. The Balaban J connectivity index is 1.83. The SMILES string of the molecule is CNC(=O)c1ccc(C[NH+](C)CC(=O)N[C@@H](C)c2ccc(CC(C)C)cc2)cc1. The minimum Gasteiger partial charge on any atom is -0.355 e. The lowest BCUT2D eigenvalue weighted by Gasteiger charge is -2.18. The molecule has 0 saturated heterocycles. The molecule has 2 aromatic rings. The third-order valence-electron chi connectivity index (χ3n) is 4.91. The number of hydrogen-bond acceptors (Lipinski definition) is 2. The Hall–Kier alpha value is -2.66. The second-order valence-electron chi connectivity index (χ2n) is 8.22. The first kappa shape index (κ1) is 22.6. The van der Waals surface area contributed by atoms with E-state index in [2.05, 4.69) is 48.7 Å². The first-order chi connectivity index (χ1) is 13.8. The van der Waals surface area contributed by atoms with Gasteiger partial charge in [0.25, 0.3) is 11.8 Å². The average molecular weight is 397 g/mol. The molecule has 0 aromatic heterocycles. The molecule has 0 fully saturated rings. The quantitative estimate of drug-likeness (QED) is 0.608. The van der Waals surface area contributed by atoms with E-state index in [1.807, 2.05) is 38.2 Å². The van der Waals surface area contributed by atoms with Crippen molar-refractivity contribution in [3.05, 3.63) is 70.8 Å². The Kier molecular flexibility index (Phi) is 8.40. The minimum absolute atomic E-state index is 0.0183. The van der Waals surface area contributed by atoms with E-state index in [4.69, 9.17) is 0 Å². The van der Waals surface area contributed by atoms with Crippen LogP contribution in [0.4, 0.5) is 0 Å². The maximum absolute atomic E-state index is 12.4. The van der Waals surface area contributed by atoms with Crippen molar-refractivity contribution < 1.29 is 14.5 Å². The molecule has 3 N–H and O–H groups in total. The Morgan fingerprint density at radius 3 is 2.07 bits per heavy atom. The summed E-state index contributed by atoms with van der Waals surface area (Å²) in [5, 5.41) is 5.71. The lowest BCUT2D eigenvalue weighted by atomic mass is 10.00. The normalized spacial score (nSPS) is 13.0. The fraction of sp³-hybridized carbons (Fsp3) is 0.417. The number of benzene rings is 2. The van der Waals surface area contributed by atoms with Crippen LogP contribution in [-0.2, 0) is 17.8 Å². The van der Waals surface area contributed by atoms with Gasteiger partial charge in [-0.15, -0.1) is 0 Å². The van der Waals surface area contributed by atoms with Crippen LogP contribution in [0.25, 0.3) is 0 Å². The second kappa shape index (κ2) is 10.8. The smallest absolute Gasteiger partial charge is 0.275 e. The highest BCUT2D eigenvalue weighted by molar-refractivity contribution is 5.93. The molecule has 0 bridgehead atoms. The molecule has 29 heavy (non-hydrogen) atoms.